The van der Waals surface area contributed by atoms with Crippen molar-refractivity contribution in [1.82, 2.24) is 0 Å². The summed E-state index contributed by atoms with van der Waals surface area (Å²) < 4.78 is 10.9. The Morgan fingerprint density at radius 3 is 2.72 bits per heavy atom. The first-order valence-electron chi connectivity index (χ1n) is 6.19. The highest BCUT2D eigenvalue weighted by Gasteiger charge is 2.31. The Labute approximate surface area is 122 Å². The molecule has 1 aliphatic rings. The van der Waals surface area contributed by atoms with Crippen LogP contribution in [0.1, 0.15) is 12.8 Å². The van der Waals surface area contributed by atoms with Crippen molar-refractivity contribution in [3.05, 3.63) is 24.3 Å². The predicted molar refractivity (Wildman–Crippen MR) is 80.0 cm³/mol. The number of alkyl halides is 1. The van der Waals surface area contributed by atoms with Crippen LogP contribution in [-0.2, 0) is 4.74 Å². The van der Waals surface area contributed by atoms with E-state index in [2.05, 4.69) is 28.1 Å². The molecule has 0 bridgehead atoms. The molecule has 0 unspecified atom stereocenters. The zero-order chi connectivity index (χ0) is 12.8. The number of benzene rings is 1. The highest BCUT2D eigenvalue weighted by atomic mass is 79.9. The quantitative estimate of drug-likeness (QED) is 0.601. The van der Waals surface area contributed by atoms with Crippen LogP contribution in [0.4, 0.5) is 0 Å². The van der Waals surface area contributed by atoms with Gasteiger partial charge in [0.1, 0.15) is 5.75 Å². The maximum absolute atomic E-state index is 5.47. The molecule has 2 nitrogen and oxygen atoms in total. The third-order valence-corrected chi connectivity index (χ3v) is 6.03. The van der Waals surface area contributed by atoms with E-state index >= 15 is 0 Å². The van der Waals surface area contributed by atoms with Crippen molar-refractivity contribution >= 4 is 27.7 Å². The molecule has 1 saturated heterocycles. The number of halogens is 1. The van der Waals surface area contributed by atoms with E-state index in [0.717, 1.165) is 42.9 Å². The standard InChI is InChI=1S/C14H19BrO2S/c1-16-12-4-2-3-5-13(12)18-11-14(10-15)6-8-17-9-7-14/h2-5H,6-11H2,1H3. The number of thioether (sulfide) groups is 1. The Hall–Kier alpha value is -0.190. The Kier molecular flexibility index (Phi) is 5.39. The zero-order valence-corrected chi connectivity index (χ0v) is 13.1. The van der Waals surface area contributed by atoms with Crippen LogP contribution in [0.5, 0.6) is 5.75 Å². The van der Waals surface area contributed by atoms with Crippen molar-refractivity contribution in [2.24, 2.45) is 5.41 Å². The topological polar surface area (TPSA) is 18.5 Å². The third-order valence-electron chi connectivity index (χ3n) is 3.44. The first kappa shape index (κ1) is 14.2. The van der Waals surface area contributed by atoms with Crippen LogP contribution in [-0.4, -0.2) is 31.4 Å². The fraction of sp³-hybridized carbons (Fsp3) is 0.571. The van der Waals surface area contributed by atoms with Crippen molar-refractivity contribution in [3.8, 4) is 5.75 Å². The van der Waals surface area contributed by atoms with E-state index in [0.29, 0.717) is 5.41 Å². The lowest BCUT2D eigenvalue weighted by Crippen LogP contribution is -2.33. The Morgan fingerprint density at radius 2 is 2.06 bits per heavy atom. The van der Waals surface area contributed by atoms with Crippen molar-refractivity contribution in [2.75, 3.05) is 31.4 Å². The Balaban J connectivity index is 2.01. The summed E-state index contributed by atoms with van der Waals surface area (Å²) >= 11 is 5.57. The van der Waals surface area contributed by atoms with E-state index in [9.17, 15) is 0 Å². The molecular formula is C14H19BrO2S. The number of hydrogen-bond donors (Lipinski definition) is 0. The van der Waals surface area contributed by atoms with Gasteiger partial charge in [-0.05, 0) is 30.4 Å². The second-order valence-corrected chi connectivity index (χ2v) is 6.26. The fourth-order valence-corrected chi connectivity index (χ4v) is 4.43. The van der Waals surface area contributed by atoms with Gasteiger partial charge in [-0.3, -0.25) is 0 Å². The lowest BCUT2D eigenvalue weighted by atomic mass is 9.85. The summed E-state index contributed by atoms with van der Waals surface area (Å²) in [5.74, 6) is 2.08. The molecule has 1 fully saturated rings. The van der Waals surface area contributed by atoms with Gasteiger partial charge in [0.25, 0.3) is 0 Å². The fourth-order valence-electron chi connectivity index (χ4n) is 2.09. The van der Waals surface area contributed by atoms with E-state index in [1.165, 1.54) is 4.90 Å². The molecule has 0 radical (unpaired) electrons. The van der Waals surface area contributed by atoms with Gasteiger partial charge in [-0.1, -0.05) is 28.1 Å². The van der Waals surface area contributed by atoms with Crippen LogP contribution in [0.3, 0.4) is 0 Å². The van der Waals surface area contributed by atoms with Gasteiger partial charge in [-0.25, -0.2) is 0 Å². The molecule has 4 heteroatoms. The number of ether oxygens (including phenoxy) is 2. The summed E-state index contributed by atoms with van der Waals surface area (Å²) in [6.07, 6.45) is 2.28. The first-order chi connectivity index (χ1) is 8.79. The van der Waals surface area contributed by atoms with Gasteiger partial charge in [-0.15, -0.1) is 11.8 Å². The minimum Gasteiger partial charge on any atom is -0.496 e. The van der Waals surface area contributed by atoms with Gasteiger partial charge in [0.05, 0.1) is 7.11 Å². The molecule has 1 aromatic rings. The van der Waals surface area contributed by atoms with Gasteiger partial charge >= 0.3 is 0 Å². The molecule has 0 aromatic heterocycles. The van der Waals surface area contributed by atoms with E-state index in [1.807, 2.05) is 23.9 Å². The maximum Gasteiger partial charge on any atom is 0.132 e. The van der Waals surface area contributed by atoms with Crippen molar-refractivity contribution < 1.29 is 9.47 Å². The monoisotopic (exact) mass is 330 g/mol. The van der Waals surface area contributed by atoms with Gasteiger partial charge < -0.3 is 9.47 Å². The van der Waals surface area contributed by atoms with Crippen LogP contribution >= 0.6 is 27.7 Å². The summed E-state index contributed by atoms with van der Waals surface area (Å²) in [5, 5.41) is 1.05. The van der Waals surface area contributed by atoms with E-state index in [1.54, 1.807) is 7.11 Å². The molecule has 1 heterocycles. The predicted octanol–water partition coefficient (Wildman–Crippen LogP) is 3.98. The second kappa shape index (κ2) is 6.83. The molecule has 0 saturated carbocycles. The van der Waals surface area contributed by atoms with E-state index < -0.39 is 0 Å². The van der Waals surface area contributed by atoms with Gasteiger partial charge in [0, 0.05) is 29.2 Å². The van der Waals surface area contributed by atoms with Crippen LogP contribution in [0.2, 0.25) is 0 Å². The number of para-hydroxylation sites is 1. The molecule has 0 amide bonds. The van der Waals surface area contributed by atoms with Gasteiger partial charge in [-0.2, -0.15) is 0 Å². The smallest absolute Gasteiger partial charge is 0.132 e. The van der Waals surface area contributed by atoms with Crippen molar-refractivity contribution in [1.29, 1.82) is 0 Å². The molecule has 1 aliphatic heterocycles. The van der Waals surface area contributed by atoms with Crippen LogP contribution < -0.4 is 4.74 Å². The highest BCUT2D eigenvalue weighted by Crippen LogP contribution is 2.40. The molecule has 0 spiro atoms. The molecule has 18 heavy (non-hydrogen) atoms. The molecule has 0 N–H and O–H groups in total. The lowest BCUT2D eigenvalue weighted by molar-refractivity contribution is 0.0374. The van der Waals surface area contributed by atoms with Crippen molar-refractivity contribution in [3.63, 3.8) is 0 Å². The summed E-state index contributed by atoms with van der Waals surface area (Å²) in [6.45, 7) is 1.77. The molecule has 0 aliphatic carbocycles. The molecule has 100 valence electrons. The average Bonchev–Trinajstić information content (AvgIpc) is 2.46. The minimum absolute atomic E-state index is 0.365. The average molecular weight is 331 g/mol. The van der Waals surface area contributed by atoms with E-state index in [4.69, 9.17) is 9.47 Å². The molecule has 1 aromatic carbocycles. The largest absolute Gasteiger partial charge is 0.496 e. The molecular weight excluding hydrogens is 312 g/mol. The zero-order valence-electron chi connectivity index (χ0n) is 10.7. The second-order valence-electron chi connectivity index (χ2n) is 4.69. The minimum atomic E-state index is 0.365. The number of rotatable bonds is 5. The van der Waals surface area contributed by atoms with Crippen LogP contribution in [0, 0.1) is 5.41 Å². The Bertz CT molecular complexity index is 378. The molecule has 2 rings (SSSR count). The molecule has 0 atom stereocenters. The Morgan fingerprint density at radius 1 is 1.33 bits per heavy atom. The maximum atomic E-state index is 5.47. The number of methoxy groups -OCH3 is 1. The van der Waals surface area contributed by atoms with Gasteiger partial charge in [0.2, 0.25) is 0 Å². The highest BCUT2D eigenvalue weighted by molar-refractivity contribution is 9.09. The number of hydrogen-bond acceptors (Lipinski definition) is 3. The summed E-state index contributed by atoms with van der Waals surface area (Å²) in [5.41, 5.74) is 0.365. The lowest BCUT2D eigenvalue weighted by Gasteiger charge is -2.35. The normalized spacial score (nSPS) is 18.6. The summed E-state index contributed by atoms with van der Waals surface area (Å²) in [4.78, 5) is 1.23. The van der Waals surface area contributed by atoms with Gasteiger partial charge in [0.15, 0.2) is 0 Å². The summed E-state index contributed by atoms with van der Waals surface area (Å²) in [7, 11) is 1.73. The van der Waals surface area contributed by atoms with E-state index in [-0.39, 0.29) is 0 Å². The SMILES string of the molecule is COc1ccccc1SCC1(CBr)CCOCC1. The van der Waals surface area contributed by atoms with Crippen LogP contribution in [0.15, 0.2) is 29.2 Å². The third kappa shape index (κ3) is 3.43. The van der Waals surface area contributed by atoms with Crippen LogP contribution in [0.25, 0.3) is 0 Å². The van der Waals surface area contributed by atoms with Crippen molar-refractivity contribution in [2.45, 2.75) is 17.7 Å². The first-order valence-corrected chi connectivity index (χ1v) is 8.30. The summed E-state index contributed by atoms with van der Waals surface area (Å²) in [6, 6.07) is 8.23.